The van der Waals surface area contributed by atoms with Gasteiger partial charge in [0, 0.05) is 63.4 Å². The molecule has 19 heteroatoms. The molecule has 4 saturated heterocycles. The Kier molecular flexibility index (Phi) is 9.83. The van der Waals surface area contributed by atoms with Gasteiger partial charge < -0.3 is 49.9 Å². The predicted octanol–water partition coefficient (Wildman–Crippen LogP) is -4.47. The molecule has 0 radical (unpaired) electrons. The average molecular weight is 658 g/mol. The van der Waals surface area contributed by atoms with Crippen LogP contribution in [0.2, 0.25) is 0 Å². The van der Waals surface area contributed by atoms with Gasteiger partial charge in [-0.05, 0) is 0 Å². The molecule has 0 spiro atoms. The predicted molar refractivity (Wildman–Crippen MR) is 155 cm³/mol. The summed E-state index contributed by atoms with van der Waals surface area (Å²) in [7, 11) is 0. The van der Waals surface area contributed by atoms with Crippen LogP contribution in [0.1, 0.15) is 18.5 Å². The van der Waals surface area contributed by atoms with Gasteiger partial charge in [0.1, 0.15) is 31.2 Å². The van der Waals surface area contributed by atoms with Crippen molar-refractivity contribution in [2.75, 3.05) is 59.0 Å². The average Bonchev–Trinajstić information content (AvgIpc) is 3.54. The number of hydrogen-bond acceptors (Lipinski definition) is 10. The third-order valence-electron chi connectivity index (χ3n) is 8.55. The number of carbonyl (C=O) groups excluding carboxylic acids is 7. The van der Waals surface area contributed by atoms with E-state index in [1.165, 1.54) is 34.7 Å². The Morgan fingerprint density at radius 2 is 1.47 bits per heavy atom. The van der Waals surface area contributed by atoms with Crippen LogP contribution in [0.3, 0.4) is 0 Å². The highest BCUT2D eigenvalue weighted by molar-refractivity contribution is 5.99. The first kappa shape index (κ1) is 33.0. The molecule has 47 heavy (non-hydrogen) atoms. The number of piperazine rings is 2. The van der Waals surface area contributed by atoms with Gasteiger partial charge in [0.15, 0.2) is 0 Å². The van der Waals surface area contributed by atoms with E-state index >= 15 is 0 Å². The fourth-order valence-corrected chi connectivity index (χ4v) is 6.07. The molecule has 0 unspecified atom stereocenters. The van der Waals surface area contributed by atoms with Gasteiger partial charge in [-0.15, -0.1) is 0 Å². The normalized spacial score (nSPS) is 24.1. The van der Waals surface area contributed by atoms with Crippen LogP contribution < -0.4 is 5.32 Å². The summed E-state index contributed by atoms with van der Waals surface area (Å²) in [5.74, 6) is -5.81. The summed E-state index contributed by atoms with van der Waals surface area (Å²) in [6.07, 6.45) is 4.47. The Bertz CT molecular complexity index is 1480. The van der Waals surface area contributed by atoms with Crippen LogP contribution in [0.5, 0.6) is 0 Å². The molecule has 10 heterocycles. The lowest BCUT2D eigenvalue weighted by molar-refractivity contribution is -0.161. The molecule has 0 aliphatic carbocycles. The number of hydrogen-bond donors (Lipinski definition) is 4. The molecular weight excluding hydrogens is 622 g/mol. The SMILES string of the molecule is O=C(O)CCNC(=O)C[C@H]1C(=O)N2CCN1C(=O)CN1CCN(C(=O)CN3C=CN(C(=O)C2)[C@@H](CO)C3=O)[C@@H](Cc2cnc[nH]2)C1=O. The third kappa shape index (κ3) is 7.08. The molecule has 6 bridgehead atoms. The molecule has 7 amide bonds. The summed E-state index contributed by atoms with van der Waals surface area (Å²) >= 11 is 0. The fraction of sp³-hybridized carbons (Fsp3) is 0.536. The highest BCUT2D eigenvalue weighted by atomic mass is 16.4. The fourth-order valence-electron chi connectivity index (χ4n) is 6.07. The molecule has 4 N–H and O–H groups in total. The van der Waals surface area contributed by atoms with Crippen molar-refractivity contribution < 1.29 is 48.6 Å². The molecule has 1 aromatic rings. The topological polar surface area (TPSA) is 237 Å². The van der Waals surface area contributed by atoms with Crippen LogP contribution in [0.25, 0.3) is 0 Å². The van der Waals surface area contributed by atoms with E-state index in [0.717, 1.165) is 19.6 Å². The second-order valence-corrected chi connectivity index (χ2v) is 11.5. The van der Waals surface area contributed by atoms with Crippen LogP contribution in [0, 0.1) is 0 Å². The number of carbonyl (C=O) groups is 8. The molecule has 9 aliphatic rings. The third-order valence-corrected chi connectivity index (χ3v) is 8.55. The Hall–Kier alpha value is -5.33. The van der Waals surface area contributed by atoms with Crippen LogP contribution in [-0.4, -0.2) is 174 Å². The zero-order chi connectivity index (χ0) is 33.8. The lowest BCUT2D eigenvalue weighted by Gasteiger charge is -2.44. The van der Waals surface area contributed by atoms with Crippen molar-refractivity contribution in [3.8, 4) is 0 Å². The van der Waals surface area contributed by atoms with Gasteiger partial charge in [0.25, 0.3) is 5.91 Å². The number of aromatic nitrogens is 2. The molecule has 19 nitrogen and oxygen atoms in total. The van der Waals surface area contributed by atoms with Gasteiger partial charge in [-0.2, -0.15) is 0 Å². The summed E-state index contributed by atoms with van der Waals surface area (Å²) in [5.41, 5.74) is 0.538. The van der Waals surface area contributed by atoms with Crippen molar-refractivity contribution in [2.45, 2.75) is 37.4 Å². The van der Waals surface area contributed by atoms with Crippen molar-refractivity contribution in [3.63, 3.8) is 0 Å². The standard InChI is InChI=1S/C28H35N9O10/c38-15-20-28(47)34-5-8-37(20)24(42)14-33-4-7-36(19(27(33)46)10-21(39)30-2-1-25(43)44)23(41)12-32-3-6-35(22(40)13-34)18(26(32)45)9-17-11-29-16-31-17/h5,8,11,16,18-20,38H,1-4,6-7,9-10,12-15H2,(H,29,31)(H,30,39)(H,43,44)/t18-,19-,20-/m0/s1. The van der Waals surface area contributed by atoms with E-state index in [2.05, 4.69) is 15.3 Å². The van der Waals surface area contributed by atoms with Crippen LogP contribution in [-0.2, 0) is 44.8 Å². The summed E-state index contributed by atoms with van der Waals surface area (Å²) in [6, 6.07) is -3.85. The van der Waals surface area contributed by atoms with Crippen LogP contribution in [0.4, 0.5) is 0 Å². The summed E-state index contributed by atoms with van der Waals surface area (Å²) in [5, 5.41) is 21.4. The number of amides is 7. The maximum atomic E-state index is 13.8. The highest BCUT2D eigenvalue weighted by Gasteiger charge is 2.45. The van der Waals surface area contributed by atoms with E-state index in [4.69, 9.17) is 5.11 Å². The van der Waals surface area contributed by atoms with Crippen LogP contribution in [0.15, 0.2) is 24.9 Å². The number of rotatable bonds is 8. The first-order valence-electron chi connectivity index (χ1n) is 15.0. The highest BCUT2D eigenvalue weighted by Crippen LogP contribution is 2.22. The molecule has 1 aromatic heterocycles. The van der Waals surface area contributed by atoms with Gasteiger partial charge in [0.2, 0.25) is 35.4 Å². The maximum Gasteiger partial charge on any atom is 0.305 e. The van der Waals surface area contributed by atoms with E-state index < -0.39 is 98.1 Å². The second-order valence-electron chi connectivity index (χ2n) is 11.5. The Morgan fingerprint density at radius 3 is 2.11 bits per heavy atom. The number of aliphatic hydroxyl groups is 1. The van der Waals surface area contributed by atoms with E-state index in [1.54, 1.807) is 0 Å². The largest absolute Gasteiger partial charge is 0.481 e. The summed E-state index contributed by atoms with van der Waals surface area (Å²) in [4.78, 5) is 119. The first-order valence-corrected chi connectivity index (χ1v) is 15.0. The van der Waals surface area contributed by atoms with Crippen molar-refractivity contribution in [1.29, 1.82) is 0 Å². The minimum Gasteiger partial charge on any atom is -0.481 e. The molecule has 0 saturated carbocycles. The van der Waals surface area contributed by atoms with Gasteiger partial charge in [-0.1, -0.05) is 0 Å². The molecule has 0 aromatic carbocycles. The van der Waals surface area contributed by atoms with Gasteiger partial charge in [-0.25, -0.2) is 4.98 Å². The van der Waals surface area contributed by atoms with Crippen molar-refractivity contribution in [1.82, 2.24) is 44.7 Å². The van der Waals surface area contributed by atoms with E-state index in [-0.39, 0.29) is 45.6 Å². The minimum absolute atomic E-state index is 0.0125. The molecule has 10 rings (SSSR count). The Morgan fingerprint density at radius 1 is 0.830 bits per heavy atom. The zero-order valence-corrected chi connectivity index (χ0v) is 25.3. The number of carboxylic acids is 1. The smallest absolute Gasteiger partial charge is 0.305 e. The zero-order valence-electron chi connectivity index (χ0n) is 25.3. The monoisotopic (exact) mass is 657 g/mol. The molecule has 3 atom stereocenters. The number of carboxylic acid groups (broad SMARTS) is 1. The quantitative estimate of drug-likeness (QED) is 0.208. The first-order chi connectivity index (χ1) is 22.5. The van der Waals surface area contributed by atoms with Crippen molar-refractivity contribution in [2.24, 2.45) is 0 Å². The number of aliphatic hydroxyl groups excluding tert-OH is 1. The van der Waals surface area contributed by atoms with Gasteiger partial charge in [-0.3, -0.25) is 38.4 Å². The molecular formula is C28H35N9O10. The number of nitrogens with one attached hydrogen (secondary N) is 2. The van der Waals surface area contributed by atoms with Gasteiger partial charge in [0.05, 0.1) is 32.3 Å². The number of aliphatic carboxylic acids is 1. The van der Waals surface area contributed by atoms with Gasteiger partial charge >= 0.3 is 5.97 Å². The number of imidazole rings is 1. The van der Waals surface area contributed by atoms with Crippen LogP contribution >= 0.6 is 0 Å². The van der Waals surface area contributed by atoms with E-state index in [0.29, 0.717) is 5.69 Å². The number of H-pyrrole nitrogens is 1. The van der Waals surface area contributed by atoms with E-state index in [9.17, 15) is 43.5 Å². The van der Waals surface area contributed by atoms with E-state index in [1.807, 2.05) is 0 Å². The molecule has 252 valence electrons. The Balaban J connectivity index is 1.49. The van der Waals surface area contributed by atoms with Crippen molar-refractivity contribution in [3.05, 3.63) is 30.6 Å². The second kappa shape index (κ2) is 14.0. The molecule has 4 fully saturated rings. The maximum absolute atomic E-state index is 13.8. The summed E-state index contributed by atoms with van der Waals surface area (Å²) < 4.78 is 0. The summed E-state index contributed by atoms with van der Waals surface area (Å²) in [6.45, 7) is -2.69. The minimum atomic E-state index is -1.40. The lowest BCUT2D eigenvalue weighted by Crippen LogP contribution is -2.65. The number of aromatic amines is 1. The number of nitrogens with zero attached hydrogens (tertiary/aromatic N) is 7. The molecule has 9 aliphatic heterocycles. The Labute approximate surface area is 267 Å². The van der Waals surface area contributed by atoms with Crippen molar-refractivity contribution >= 4 is 47.3 Å². The lowest BCUT2D eigenvalue weighted by atomic mass is 10.0.